The van der Waals surface area contributed by atoms with E-state index in [9.17, 15) is 9.90 Å². The highest BCUT2D eigenvalue weighted by Gasteiger charge is 2.44. The van der Waals surface area contributed by atoms with Crippen LogP contribution in [-0.2, 0) is 28.0 Å². The van der Waals surface area contributed by atoms with Crippen LogP contribution in [0.1, 0.15) is 44.0 Å². The van der Waals surface area contributed by atoms with Gasteiger partial charge in [-0.05, 0) is 29.9 Å². The molecular weight excluding hydrogens is 278 g/mol. The second kappa shape index (κ2) is 5.43. The van der Waals surface area contributed by atoms with Crippen molar-refractivity contribution in [3.8, 4) is 0 Å². The Balaban J connectivity index is 2.27. The molecule has 0 saturated heterocycles. The first-order valence-corrected chi connectivity index (χ1v) is 7.98. The van der Waals surface area contributed by atoms with Gasteiger partial charge in [-0.1, -0.05) is 39.0 Å². The van der Waals surface area contributed by atoms with Gasteiger partial charge in [0, 0.05) is 10.9 Å². The van der Waals surface area contributed by atoms with Gasteiger partial charge in [0.15, 0.2) is 0 Å². The van der Waals surface area contributed by atoms with Gasteiger partial charge in [-0.15, -0.1) is 0 Å². The number of ether oxygens (including phenoxy) is 1. The van der Waals surface area contributed by atoms with Gasteiger partial charge in [-0.3, -0.25) is 4.79 Å². The van der Waals surface area contributed by atoms with Gasteiger partial charge >= 0.3 is 5.97 Å². The van der Waals surface area contributed by atoms with Crippen LogP contribution >= 0.6 is 0 Å². The largest absolute Gasteiger partial charge is 0.481 e. The fourth-order valence-electron chi connectivity index (χ4n) is 3.68. The third-order valence-electron chi connectivity index (χ3n) is 4.89. The van der Waals surface area contributed by atoms with Crippen LogP contribution in [0.15, 0.2) is 18.2 Å². The van der Waals surface area contributed by atoms with E-state index in [0.717, 1.165) is 24.1 Å². The second-order valence-electron chi connectivity index (χ2n) is 6.38. The highest BCUT2D eigenvalue weighted by molar-refractivity contribution is 5.88. The van der Waals surface area contributed by atoms with Crippen molar-refractivity contribution in [3.63, 3.8) is 0 Å². The molecule has 0 amide bonds. The van der Waals surface area contributed by atoms with E-state index < -0.39 is 11.6 Å². The lowest BCUT2D eigenvalue weighted by molar-refractivity contribution is -0.154. The molecule has 1 unspecified atom stereocenters. The number of hydrogen-bond acceptors (Lipinski definition) is 2. The summed E-state index contributed by atoms with van der Waals surface area (Å²) in [6.45, 7) is 6.77. The second-order valence-corrected chi connectivity index (χ2v) is 6.38. The number of H-pyrrole nitrogens is 1. The minimum absolute atomic E-state index is 0.00799. The minimum Gasteiger partial charge on any atom is -0.481 e. The Morgan fingerprint density at radius 3 is 2.86 bits per heavy atom. The van der Waals surface area contributed by atoms with Gasteiger partial charge in [0.2, 0.25) is 0 Å². The Morgan fingerprint density at radius 1 is 1.45 bits per heavy atom. The normalized spacial score (nSPS) is 21.3. The molecule has 0 radical (unpaired) electrons. The quantitative estimate of drug-likeness (QED) is 0.906. The lowest BCUT2D eigenvalue weighted by Gasteiger charge is -2.39. The number of para-hydroxylation sites is 1. The van der Waals surface area contributed by atoms with Crippen LogP contribution in [0.25, 0.3) is 10.9 Å². The number of carbonyl (C=O) groups is 1. The van der Waals surface area contributed by atoms with E-state index in [1.807, 2.05) is 13.8 Å². The highest BCUT2D eigenvalue weighted by Crippen LogP contribution is 2.44. The van der Waals surface area contributed by atoms with Gasteiger partial charge < -0.3 is 14.8 Å². The smallest absolute Gasteiger partial charge is 0.306 e. The van der Waals surface area contributed by atoms with E-state index in [1.54, 1.807) is 0 Å². The summed E-state index contributed by atoms with van der Waals surface area (Å²) in [5, 5.41) is 10.6. The van der Waals surface area contributed by atoms with Gasteiger partial charge in [0.1, 0.15) is 5.60 Å². The molecule has 22 heavy (non-hydrogen) atoms. The molecule has 1 aliphatic heterocycles. The molecule has 4 nitrogen and oxygen atoms in total. The topological polar surface area (TPSA) is 62.3 Å². The van der Waals surface area contributed by atoms with Crippen molar-refractivity contribution < 1.29 is 14.6 Å². The molecule has 1 aromatic carbocycles. The third kappa shape index (κ3) is 2.13. The number of rotatable bonds is 4. The van der Waals surface area contributed by atoms with Crippen LogP contribution in [-0.4, -0.2) is 22.7 Å². The number of aryl methyl sites for hydroxylation is 1. The van der Waals surface area contributed by atoms with Gasteiger partial charge in [0.25, 0.3) is 0 Å². The first-order valence-electron chi connectivity index (χ1n) is 7.98. The number of aromatic amines is 1. The van der Waals surface area contributed by atoms with E-state index in [4.69, 9.17) is 4.74 Å². The maximum Gasteiger partial charge on any atom is 0.306 e. The van der Waals surface area contributed by atoms with Crippen LogP contribution in [0.4, 0.5) is 0 Å². The number of benzene rings is 1. The van der Waals surface area contributed by atoms with E-state index in [2.05, 4.69) is 30.1 Å². The first-order chi connectivity index (χ1) is 10.5. The summed E-state index contributed by atoms with van der Waals surface area (Å²) >= 11 is 0. The van der Waals surface area contributed by atoms with Crippen molar-refractivity contribution in [2.45, 2.75) is 45.6 Å². The molecule has 4 heteroatoms. The van der Waals surface area contributed by atoms with Crippen LogP contribution < -0.4 is 0 Å². The number of nitrogens with one attached hydrogen (secondary N) is 1. The summed E-state index contributed by atoms with van der Waals surface area (Å²) in [6, 6.07) is 6.33. The Hall–Kier alpha value is -1.81. The Labute approximate surface area is 130 Å². The van der Waals surface area contributed by atoms with Crippen LogP contribution in [0, 0.1) is 5.92 Å². The van der Waals surface area contributed by atoms with Crippen LogP contribution in [0.2, 0.25) is 0 Å². The zero-order valence-electron chi connectivity index (χ0n) is 13.4. The minimum atomic E-state index is -0.823. The molecule has 2 heterocycles. The van der Waals surface area contributed by atoms with Gasteiger partial charge in [0.05, 0.1) is 18.7 Å². The van der Waals surface area contributed by atoms with Crippen molar-refractivity contribution in [2.24, 2.45) is 5.92 Å². The fraction of sp³-hybridized carbons (Fsp3) is 0.500. The molecule has 0 saturated carbocycles. The van der Waals surface area contributed by atoms with E-state index in [-0.39, 0.29) is 12.3 Å². The average Bonchev–Trinajstić information content (AvgIpc) is 2.86. The summed E-state index contributed by atoms with van der Waals surface area (Å²) in [4.78, 5) is 15.0. The Bertz CT molecular complexity index is 716. The van der Waals surface area contributed by atoms with Crippen molar-refractivity contribution in [3.05, 3.63) is 35.0 Å². The molecule has 0 fully saturated rings. The zero-order valence-corrected chi connectivity index (χ0v) is 13.4. The first kappa shape index (κ1) is 15.1. The van der Waals surface area contributed by atoms with Crippen molar-refractivity contribution in [1.82, 2.24) is 4.98 Å². The molecule has 2 aromatic rings. The summed E-state index contributed by atoms with van der Waals surface area (Å²) < 4.78 is 6.06. The number of fused-ring (bicyclic) bond motifs is 3. The Morgan fingerprint density at radius 2 is 2.23 bits per heavy atom. The number of hydrogen-bond donors (Lipinski definition) is 2. The van der Waals surface area contributed by atoms with Crippen molar-refractivity contribution >= 4 is 16.9 Å². The van der Waals surface area contributed by atoms with Gasteiger partial charge in [-0.25, -0.2) is 0 Å². The number of aliphatic carboxylic acids is 1. The molecule has 1 aromatic heterocycles. The maximum atomic E-state index is 11.4. The van der Waals surface area contributed by atoms with E-state index in [0.29, 0.717) is 6.61 Å². The molecule has 1 aliphatic rings. The monoisotopic (exact) mass is 301 g/mol. The summed E-state index contributed by atoms with van der Waals surface area (Å²) in [6.07, 6.45) is 1.77. The summed E-state index contributed by atoms with van der Waals surface area (Å²) in [5.41, 5.74) is 3.83. The van der Waals surface area contributed by atoms with Crippen molar-refractivity contribution in [1.29, 1.82) is 0 Å². The number of carboxylic acids is 1. The molecule has 3 rings (SSSR count). The van der Waals surface area contributed by atoms with E-state index >= 15 is 0 Å². The standard InChI is InChI=1S/C18H23NO3/c1-4-12-6-5-7-13-14-8-9-22-18(11(2)3,10-15(20)21)17(14)19-16(12)13/h5-7,11,19H,4,8-10H2,1-3H3,(H,20,21). The summed E-state index contributed by atoms with van der Waals surface area (Å²) in [5.74, 6) is -0.739. The molecule has 118 valence electrons. The predicted octanol–water partition coefficient (Wildman–Crippen LogP) is 3.63. The van der Waals surface area contributed by atoms with Crippen molar-refractivity contribution in [2.75, 3.05) is 6.61 Å². The molecule has 0 spiro atoms. The average molecular weight is 301 g/mol. The third-order valence-corrected chi connectivity index (χ3v) is 4.89. The zero-order chi connectivity index (χ0) is 15.9. The lowest BCUT2D eigenvalue weighted by atomic mass is 9.80. The SMILES string of the molecule is CCc1cccc2c3c([nH]c12)C(CC(=O)O)(C(C)C)OCC3. The maximum absolute atomic E-state index is 11.4. The van der Waals surface area contributed by atoms with E-state index in [1.165, 1.54) is 16.5 Å². The van der Waals surface area contributed by atoms with Crippen LogP contribution in [0.5, 0.6) is 0 Å². The molecule has 2 N–H and O–H groups in total. The van der Waals surface area contributed by atoms with Crippen LogP contribution in [0.3, 0.4) is 0 Å². The molecule has 1 atom stereocenters. The molecule has 0 aliphatic carbocycles. The Kier molecular flexibility index (Phi) is 3.73. The lowest BCUT2D eigenvalue weighted by Crippen LogP contribution is -2.42. The molecular formula is C18H23NO3. The fourth-order valence-corrected chi connectivity index (χ4v) is 3.68. The summed E-state index contributed by atoms with van der Waals surface area (Å²) in [7, 11) is 0. The highest BCUT2D eigenvalue weighted by atomic mass is 16.5. The van der Waals surface area contributed by atoms with Gasteiger partial charge in [-0.2, -0.15) is 0 Å². The molecule has 0 bridgehead atoms. The number of aromatic nitrogens is 1. The number of carboxylic acid groups (broad SMARTS) is 1. The predicted molar refractivity (Wildman–Crippen MR) is 86.1 cm³/mol.